The van der Waals surface area contributed by atoms with E-state index < -0.39 is 6.36 Å². The Bertz CT molecular complexity index is 690. The number of amides is 1. The van der Waals surface area contributed by atoms with Crippen molar-refractivity contribution in [3.05, 3.63) is 24.0 Å². The highest BCUT2D eigenvalue weighted by atomic mass is 19.4. The number of rotatable bonds is 7. The van der Waals surface area contributed by atoms with E-state index in [9.17, 15) is 18.0 Å². The van der Waals surface area contributed by atoms with E-state index >= 15 is 0 Å². The standard InChI is InChI=1S/C22H32F3N3O2/c1-21(7-5-6-16(10-21)30-22(23,24)25)15-26-11-17-18-12-27(13-19(17)18)14-20(29)28-8-3-2-4-9-28/h5-7,17-19,26H,2-4,8-15H2,1H3. The summed E-state index contributed by atoms with van der Waals surface area (Å²) >= 11 is 0. The van der Waals surface area contributed by atoms with Crippen LogP contribution in [-0.2, 0) is 9.53 Å². The molecular weight excluding hydrogens is 395 g/mol. The summed E-state index contributed by atoms with van der Waals surface area (Å²) in [6.45, 7) is 7.78. The van der Waals surface area contributed by atoms with Gasteiger partial charge in [-0.3, -0.25) is 9.69 Å². The molecular formula is C22H32F3N3O2. The predicted octanol–water partition coefficient (Wildman–Crippen LogP) is 3.15. The van der Waals surface area contributed by atoms with Crippen LogP contribution in [0, 0.1) is 23.2 Å². The van der Waals surface area contributed by atoms with Crippen LogP contribution in [0.3, 0.4) is 0 Å². The summed E-state index contributed by atoms with van der Waals surface area (Å²) in [5.41, 5.74) is -0.383. The Morgan fingerprint density at radius 3 is 2.60 bits per heavy atom. The fraction of sp³-hybridized carbons (Fsp3) is 0.773. The fourth-order valence-corrected chi connectivity index (χ4v) is 5.37. The number of hydrogen-bond acceptors (Lipinski definition) is 4. The molecule has 8 heteroatoms. The number of nitrogens with one attached hydrogen (secondary N) is 1. The second kappa shape index (κ2) is 8.54. The average Bonchev–Trinajstić information content (AvgIpc) is 3.12. The molecule has 1 amide bonds. The molecule has 2 saturated heterocycles. The van der Waals surface area contributed by atoms with Crippen LogP contribution >= 0.6 is 0 Å². The molecule has 2 aliphatic heterocycles. The molecule has 30 heavy (non-hydrogen) atoms. The van der Waals surface area contributed by atoms with Crippen molar-refractivity contribution in [2.45, 2.75) is 39.0 Å². The van der Waals surface area contributed by atoms with Crippen LogP contribution < -0.4 is 5.32 Å². The van der Waals surface area contributed by atoms with Crippen LogP contribution in [0.5, 0.6) is 0 Å². The van der Waals surface area contributed by atoms with Crippen molar-refractivity contribution in [1.82, 2.24) is 15.1 Å². The Morgan fingerprint density at radius 2 is 1.93 bits per heavy atom. The predicted molar refractivity (Wildman–Crippen MR) is 107 cm³/mol. The summed E-state index contributed by atoms with van der Waals surface area (Å²) in [6.07, 6.45) is 4.06. The summed E-state index contributed by atoms with van der Waals surface area (Å²) in [7, 11) is 0. The van der Waals surface area contributed by atoms with Gasteiger partial charge in [-0.05, 0) is 49.6 Å². The van der Waals surface area contributed by atoms with Gasteiger partial charge in [0.1, 0.15) is 5.76 Å². The zero-order valence-electron chi connectivity index (χ0n) is 17.6. The Labute approximate surface area is 176 Å². The SMILES string of the molecule is CC1(CNCC2C3CN(CC(=O)N4CCCCC4)CC23)C=CC=C(OC(F)(F)F)C1. The average molecular weight is 428 g/mol. The van der Waals surface area contributed by atoms with Gasteiger partial charge in [0.2, 0.25) is 5.91 Å². The maximum Gasteiger partial charge on any atom is 0.572 e. The topological polar surface area (TPSA) is 44.8 Å². The Kier molecular flexibility index (Phi) is 6.17. The number of alkyl halides is 3. The molecule has 5 nitrogen and oxygen atoms in total. The summed E-state index contributed by atoms with van der Waals surface area (Å²) in [4.78, 5) is 16.7. The van der Waals surface area contributed by atoms with Crippen molar-refractivity contribution in [1.29, 1.82) is 0 Å². The van der Waals surface area contributed by atoms with E-state index in [-0.39, 0.29) is 23.5 Å². The van der Waals surface area contributed by atoms with Gasteiger partial charge in [-0.1, -0.05) is 19.1 Å². The normalized spacial score (nSPS) is 33.9. The number of carbonyl (C=O) groups is 1. The van der Waals surface area contributed by atoms with Crippen molar-refractivity contribution in [2.75, 3.05) is 45.8 Å². The fourth-order valence-electron chi connectivity index (χ4n) is 5.37. The highest BCUT2D eigenvalue weighted by Gasteiger charge is 2.55. The molecule has 0 spiro atoms. The van der Waals surface area contributed by atoms with Gasteiger partial charge in [0, 0.05) is 44.6 Å². The maximum absolute atomic E-state index is 12.5. The van der Waals surface area contributed by atoms with Crippen molar-refractivity contribution in [3.8, 4) is 0 Å². The third-order valence-electron chi connectivity index (χ3n) is 7.03. The number of nitrogens with zero attached hydrogens (tertiary/aromatic N) is 2. The number of piperidine rings is 2. The molecule has 0 radical (unpaired) electrons. The molecule has 168 valence electrons. The van der Waals surface area contributed by atoms with Gasteiger partial charge in [-0.25, -0.2) is 0 Å². The number of carbonyl (C=O) groups excluding carboxylic acids is 1. The van der Waals surface area contributed by atoms with E-state index in [4.69, 9.17) is 0 Å². The minimum atomic E-state index is -4.64. The molecule has 3 atom stereocenters. The van der Waals surface area contributed by atoms with Gasteiger partial charge in [0.25, 0.3) is 0 Å². The largest absolute Gasteiger partial charge is 0.572 e. The van der Waals surface area contributed by atoms with E-state index in [0.29, 0.717) is 30.8 Å². The summed E-state index contributed by atoms with van der Waals surface area (Å²) in [6, 6.07) is 0. The molecule has 0 aromatic carbocycles. The van der Waals surface area contributed by atoms with Crippen molar-refractivity contribution in [3.63, 3.8) is 0 Å². The van der Waals surface area contributed by atoms with Gasteiger partial charge in [0.05, 0.1) is 6.54 Å². The van der Waals surface area contributed by atoms with Crippen molar-refractivity contribution < 1.29 is 22.7 Å². The number of likely N-dealkylation sites (tertiary alicyclic amines) is 2. The van der Waals surface area contributed by atoms with Gasteiger partial charge in [-0.2, -0.15) is 0 Å². The second-order valence-corrected chi connectivity index (χ2v) is 9.63. The van der Waals surface area contributed by atoms with Gasteiger partial charge >= 0.3 is 6.36 Å². The molecule has 3 fully saturated rings. The minimum Gasteiger partial charge on any atom is -0.410 e. The van der Waals surface area contributed by atoms with E-state index in [1.54, 1.807) is 6.08 Å². The second-order valence-electron chi connectivity index (χ2n) is 9.63. The lowest BCUT2D eigenvalue weighted by Gasteiger charge is -2.30. The molecule has 4 rings (SSSR count). The zero-order valence-corrected chi connectivity index (χ0v) is 17.6. The third-order valence-corrected chi connectivity index (χ3v) is 7.03. The van der Waals surface area contributed by atoms with E-state index in [2.05, 4.69) is 15.0 Å². The van der Waals surface area contributed by atoms with Gasteiger partial charge < -0.3 is 15.0 Å². The first-order valence-corrected chi connectivity index (χ1v) is 11.1. The molecule has 1 N–H and O–H groups in total. The molecule has 1 saturated carbocycles. The quantitative estimate of drug-likeness (QED) is 0.678. The van der Waals surface area contributed by atoms with Crippen LogP contribution in [0.15, 0.2) is 24.0 Å². The van der Waals surface area contributed by atoms with E-state index in [0.717, 1.165) is 45.6 Å². The molecule has 0 bridgehead atoms. The first kappa shape index (κ1) is 21.7. The van der Waals surface area contributed by atoms with E-state index in [1.807, 2.05) is 17.9 Å². The highest BCUT2D eigenvalue weighted by molar-refractivity contribution is 5.78. The van der Waals surface area contributed by atoms with Crippen molar-refractivity contribution in [2.24, 2.45) is 23.2 Å². The Morgan fingerprint density at radius 1 is 1.23 bits per heavy atom. The third kappa shape index (κ3) is 5.38. The molecule has 2 heterocycles. The summed E-state index contributed by atoms with van der Waals surface area (Å²) in [5, 5.41) is 3.47. The maximum atomic E-state index is 12.5. The first-order chi connectivity index (χ1) is 14.2. The minimum absolute atomic E-state index is 0.0356. The lowest BCUT2D eigenvalue weighted by atomic mass is 9.82. The summed E-state index contributed by atoms with van der Waals surface area (Å²) in [5.74, 6) is 2.14. The smallest absolute Gasteiger partial charge is 0.410 e. The molecule has 0 aromatic rings. The Balaban J connectivity index is 1.14. The monoisotopic (exact) mass is 427 g/mol. The molecule has 2 aliphatic carbocycles. The van der Waals surface area contributed by atoms with Crippen LogP contribution in [0.25, 0.3) is 0 Å². The highest BCUT2D eigenvalue weighted by Crippen LogP contribution is 2.51. The van der Waals surface area contributed by atoms with Gasteiger partial charge in [-0.15, -0.1) is 13.2 Å². The van der Waals surface area contributed by atoms with Gasteiger partial charge in [0.15, 0.2) is 0 Å². The number of hydrogen-bond donors (Lipinski definition) is 1. The molecule has 3 unspecified atom stereocenters. The molecule has 0 aromatic heterocycles. The summed E-state index contributed by atoms with van der Waals surface area (Å²) < 4.78 is 41.5. The van der Waals surface area contributed by atoms with Crippen molar-refractivity contribution >= 4 is 5.91 Å². The van der Waals surface area contributed by atoms with Crippen LogP contribution in [0.1, 0.15) is 32.6 Å². The lowest BCUT2D eigenvalue weighted by molar-refractivity contribution is -0.307. The lowest BCUT2D eigenvalue weighted by Crippen LogP contribution is -2.43. The van der Waals surface area contributed by atoms with E-state index in [1.165, 1.54) is 12.5 Å². The number of allylic oxidation sites excluding steroid dienone is 3. The number of fused-ring (bicyclic) bond motifs is 1. The van der Waals surface area contributed by atoms with Crippen LogP contribution in [0.4, 0.5) is 13.2 Å². The first-order valence-electron chi connectivity index (χ1n) is 11.1. The van der Waals surface area contributed by atoms with Crippen LogP contribution in [-0.4, -0.2) is 67.9 Å². The van der Waals surface area contributed by atoms with Crippen LogP contribution in [0.2, 0.25) is 0 Å². The number of halogens is 3. The number of ether oxygens (including phenoxy) is 1. The molecule has 4 aliphatic rings. The zero-order chi connectivity index (χ0) is 21.4. The Hall–Kier alpha value is -1.54.